The highest BCUT2D eigenvalue weighted by Crippen LogP contribution is 2.18. The van der Waals surface area contributed by atoms with Crippen molar-refractivity contribution in [2.24, 2.45) is 0 Å². The van der Waals surface area contributed by atoms with E-state index in [0.717, 1.165) is 11.9 Å². The molecule has 0 bridgehead atoms. The summed E-state index contributed by atoms with van der Waals surface area (Å²) in [6.07, 6.45) is 1.14. The second-order valence-electron chi connectivity index (χ2n) is 6.80. The number of piperazine rings is 1. The van der Waals surface area contributed by atoms with Crippen molar-refractivity contribution in [2.45, 2.75) is 4.90 Å². The van der Waals surface area contributed by atoms with Crippen LogP contribution in [0, 0.1) is 0 Å². The van der Waals surface area contributed by atoms with Crippen molar-refractivity contribution in [3.63, 3.8) is 0 Å². The number of amides is 1. The van der Waals surface area contributed by atoms with Crippen LogP contribution >= 0.6 is 0 Å². The standard InChI is InChI=1S/C19H20N6O3S/c1-29(27,28)17-9-7-15(8-10-17)18(26)23-11-13-24(14-12-23)19-20-21-22-25(19)16-5-3-2-4-6-16/h2-10H,11-14H2,1H3. The highest BCUT2D eigenvalue weighted by atomic mass is 32.2. The minimum absolute atomic E-state index is 0.118. The molecule has 10 heteroatoms. The number of carbonyl (C=O) groups is 1. The van der Waals surface area contributed by atoms with E-state index in [4.69, 9.17) is 0 Å². The first-order valence-electron chi connectivity index (χ1n) is 9.11. The third kappa shape index (κ3) is 3.97. The van der Waals surface area contributed by atoms with Crippen LogP contribution in [0.1, 0.15) is 10.4 Å². The molecule has 0 saturated carbocycles. The minimum Gasteiger partial charge on any atom is -0.336 e. The van der Waals surface area contributed by atoms with Gasteiger partial charge in [-0.3, -0.25) is 4.79 Å². The van der Waals surface area contributed by atoms with Gasteiger partial charge in [0, 0.05) is 38.0 Å². The van der Waals surface area contributed by atoms with Gasteiger partial charge in [-0.25, -0.2) is 8.42 Å². The summed E-state index contributed by atoms with van der Waals surface area (Å²) in [6.45, 7) is 2.24. The number of benzene rings is 2. The molecule has 1 aromatic heterocycles. The van der Waals surface area contributed by atoms with E-state index < -0.39 is 9.84 Å². The number of para-hydroxylation sites is 1. The number of tetrazole rings is 1. The maximum atomic E-state index is 12.8. The number of anilines is 1. The zero-order valence-electron chi connectivity index (χ0n) is 15.8. The van der Waals surface area contributed by atoms with Gasteiger partial charge in [0.1, 0.15) is 0 Å². The highest BCUT2D eigenvalue weighted by molar-refractivity contribution is 7.90. The molecule has 150 valence electrons. The quantitative estimate of drug-likeness (QED) is 0.631. The second-order valence-corrected chi connectivity index (χ2v) is 8.82. The molecule has 2 heterocycles. The minimum atomic E-state index is -3.28. The predicted octanol–water partition coefficient (Wildman–Crippen LogP) is 1.03. The Morgan fingerprint density at radius 1 is 0.931 bits per heavy atom. The number of sulfone groups is 1. The number of aromatic nitrogens is 4. The molecule has 4 rings (SSSR count). The fourth-order valence-electron chi connectivity index (χ4n) is 3.25. The summed E-state index contributed by atoms with van der Waals surface area (Å²) in [7, 11) is -3.28. The van der Waals surface area contributed by atoms with Crippen LogP contribution in [0.3, 0.4) is 0 Å². The molecule has 1 saturated heterocycles. The van der Waals surface area contributed by atoms with Gasteiger partial charge in [-0.2, -0.15) is 4.68 Å². The van der Waals surface area contributed by atoms with Crippen molar-refractivity contribution in [1.29, 1.82) is 0 Å². The molecular weight excluding hydrogens is 392 g/mol. The maximum absolute atomic E-state index is 12.8. The van der Waals surface area contributed by atoms with Gasteiger partial charge < -0.3 is 9.80 Å². The van der Waals surface area contributed by atoms with Gasteiger partial charge in [-0.1, -0.05) is 23.3 Å². The van der Waals surface area contributed by atoms with Crippen LogP contribution in [0.5, 0.6) is 0 Å². The Labute approximate surface area is 168 Å². The van der Waals surface area contributed by atoms with Crippen LogP contribution in [-0.2, 0) is 9.84 Å². The van der Waals surface area contributed by atoms with Gasteiger partial charge in [-0.05, 0) is 46.8 Å². The van der Waals surface area contributed by atoms with Gasteiger partial charge >= 0.3 is 0 Å². The second kappa shape index (κ2) is 7.63. The Kier molecular flexibility index (Phi) is 5.01. The van der Waals surface area contributed by atoms with Crippen LogP contribution in [0.4, 0.5) is 5.95 Å². The summed E-state index contributed by atoms with van der Waals surface area (Å²) >= 11 is 0. The normalized spacial score (nSPS) is 14.8. The van der Waals surface area contributed by atoms with Crippen LogP contribution in [-0.4, -0.2) is 71.9 Å². The summed E-state index contributed by atoms with van der Waals surface area (Å²) in [5.41, 5.74) is 1.34. The third-order valence-electron chi connectivity index (χ3n) is 4.83. The molecule has 29 heavy (non-hydrogen) atoms. The Morgan fingerprint density at radius 3 is 2.21 bits per heavy atom. The molecule has 1 aliphatic rings. The maximum Gasteiger partial charge on any atom is 0.253 e. The lowest BCUT2D eigenvalue weighted by molar-refractivity contribution is 0.0746. The molecule has 0 N–H and O–H groups in total. The molecule has 0 unspecified atom stereocenters. The van der Waals surface area contributed by atoms with E-state index in [0.29, 0.717) is 37.7 Å². The number of hydrogen-bond acceptors (Lipinski definition) is 7. The van der Waals surface area contributed by atoms with Crippen molar-refractivity contribution in [3.8, 4) is 5.69 Å². The van der Waals surface area contributed by atoms with Crippen molar-refractivity contribution in [3.05, 3.63) is 60.2 Å². The van der Waals surface area contributed by atoms with E-state index in [1.54, 1.807) is 21.7 Å². The van der Waals surface area contributed by atoms with Crippen LogP contribution in [0.15, 0.2) is 59.5 Å². The highest BCUT2D eigenvalue weighted by Gasteiger charge is 2.25. The first kappa shape index (κ1) is 19.1. The first-order valence-corrected chi connectivity index (χ1v) is 11.0. The van der Waals surface area contributed by atoms with Crippen molar-refractivity contribution in [1.82, 2.24) is 25.1 Å². The lowest BCUT2D eigenvalue weighted by atomic mass is 10.2. The number of hydrogen-bond donors (Lipinski definition) is 0. The van der Waals surface area contributed by atoms with Crippen molar-refractivity contribution < 1.29 is 13.2 Å². The average molecular weight is 412 g/mol. The lowest BCUT2D eigenvalue weighted by Gasteiger charge is -2.34. The molecule has 0 atom stereocenters. The molecule has 1 amide bonds. The van der Waals surface area contributed by atoms with E-state index in [1.807, 2.05) is 35.2 Å². The first-order chi connectivity index (χ1) is 13.9. The molecule has 1 fully saturated rings. The topological polar surface area (TPSA) is 101 Å². The summed E-state index contributed by atoms with van der Waals surface area (Å²) in [4.78, 5) is 16.8. The van der Waals surface area contributed by atoms with Crippen molar-refractivity contribution in [2.75, 3.05) is 37.3 Å². The van der Waals surface area contributed by atoms with Gasteiger partial charge in [0.2, 0.25) is 5.95 Å². The summed E-state index contributed by atoms with van der Waals surface area (Å²) in [5, 5.41) is 12.0. The zero-order valence-corrected chi connectivity index (χ0v) is 16.7. The Bertz CT molecular complexity index is 1100. The number of carbonyl (C=O) groups excluding carboxylic acids is 1. The zero-order chi connectivity index (χ0) is 20.4. The molecule has 3 aromatic rings. The van der Waals surface area contributed by atoms with E-state index in [-0.39, 0.29) is 10.8 Å². The van der Waals surface area contributed by atoms with Gasteiger partial charge in [0.05, 0.1) is 10.6 Å². The molecule has 0 spiro atoms. The predicted molar refractivity (Wildman–Crippen MR) is 107 cm³/mol. The Hall–Kier alpha value is -3.27. The monoisotopic (exact) mass is 412 g/mol. The van der Waals surface area contributed by atoms with Crippen LogP contribution < -0.4 is 4.90 Å². The average Bonchev–Trinajstić information content (AvgIpc) is 3.23. The van der Waals surface area contributed by atoms with Crippen LogP contribution in [0.2, 0.25) is 0 Å². The van der Waals surface area contributed by atoms with Gasteiger partial charge in [-0.15, -0.1) is 0 Å². The molecule has 0 radical (unpaired) electrons. The fraction of sp³-hybridized carbons (Fsp3) is 0.263. The lowest BCUT2D eigenvalue weighted by Crippen LogP contribution is -2.49. The van der Waals surface area contributed by atoms with E-state index in [9.17, 15) is 13.2 Å². The fourth-order valence-corrected chi connectivity index (χ4v) is 3.88. The van der Waals surface area contributed by atoms with E-state index in [1.165, 1.54) is 12.1 Å². The smallest absolute Gasteiger partial charge is 0.253 e. The molecule has 9 nitrogen and oxygen atoms in total. The number of rotatable bonds is 4. The summed E-state index contributed by atoms with van der Waals surface area (Å²) in [6, 6.07) is 15.7. The molecular formula is C19H20N6O3S. The molecule has 1 aliphatic heterocycles. The third-order valence-corrected chi connectivity index (χ3v) is 5.96. The summed E-state index contributed by atoms with van der Waals surface area (Å²) in [5.74, 6) is 0.521. The van der Waals surface area contributed by atoms with E-state index in [2.05, 4.69) is 15.5 Å². The van der Waals surface area contributed by atoms with Crippen molar-refractivity contribution >= 4 is 21.7 Å². The van der Waals surface area contributed by atoms with Gasteiger partial charge in [0.25, 0.3) is 5.91 Å². The SMILES string of the molecule is CS(=O)(=O)c1ccc(C(=O)N2CCN(c3nnnn3-c3ccccc3)CC2)cc1. The molecule has 2 aromatic carbocycles. The Balaban J connectivity index is 1.44. The van der Waals surface area contributed by atoms with Gasteiger partial charge in [0.15, 0.2) is 9.84 Å². The summed E-state index contributed by atoms with van der Waals surface area (Å²) < 4.78 is 24.8. The van der Waals surface area contributed by atoms with Crippen LogP contribution in [0.25, 0.3) is 5.69 Å². The Morgan fingerprint density at radius 2 is 1.59 bits per heavy atom. The van der Waals surface area contributed by atoms with E-state index >= 15 is 0 Å². The largest absolute Gasteiger partial charge is 0.336 e. The molecule has 0 aliphatic carbocycles. The number of nitrogens with zero attached hydrogens (tertiary/aromatic N) is 6.